The normalized spacial score (nSPS) is 18.0. The number of para-hydroxylation sites is 1. The van der Waals surface area contributed by atoms with Gasteiger partial charge in [-0.25, -0.2) is 4.79 Å². The average molecular weight is 422 g/mol. The number of halogens is 1. The highest BCUT2D eigenvalue weighted by Gasteiger charge is 2.51. The second-order valence-electron chi connectivity index (χ2n) is 7.05. The summed E-state index contributed by atoms with van der Waals surface area (Å²) in [4.78, 5) is 26.5. The molecule has 1 aliphatic heterocycles. The SMILES string of the molecule is COC(=O)c1ccc([C@H]2[C@H](Oc3ccccc3C)C(=O)N2c2cccc(Cl)c2)cc1. The number of benzene rings is 3. The molecule has 1 saturated heterocycles. The lowest BCUT2D eigenvalue weighted by atomic mass is 9.89. The van der Waals surface area contributed by atoms with E-state index in [0.717, 1.165) is 11.1 Å². The Morgan fingerprint density at radius 1 is 1.00 bits per heavy atom. The zero-order chi connectivity index (χ0) is 21.3. The second kappa shape index (κ2) is 8.20. The number of carbonyl (C=O) groups is 2. The maximum absolute atomic E-state index is 13.1. The third kappa shape index (κ3) is 3.64. The Bertz CT molecular complexity index is 1100. The molecule has 1 amide bonds. The van der Waals surface area contributed by atoms with E-state index in [4.69, 9.17) is 21.1 Å². The van der Waals surface area contributed by atoms with Crippen molar-refractivity contribution in [1.29, 1.82) is 0 Å². The van der Waals surface area contributed by atoms with E-state index in [1.807, 2.05) is 49.4 Å². The Balaban J connectivity index is 1.70. The van der Waals surface area contributed by atoms with Crippen LogP contribution in [0.1, 0.15) is 27.5 Å². The van der Waals surface area contributed by atoms with E-state index in [-0.39, 0.29) is 11.9 Å². The van der Waals surface area contributed by atoms with Gasteiger partial charge in [-0.15, -0.1) is 0 Å². The van der Waals surface area contributed by atoms with E-state index in [1.54, 1.807) is 35.2 Å². The van der Waals surface area contributed by atoms with Gasteiger partial charge in [-0.05, 0) is 54.4 Å². The molecule has 1 aliphatic rings. The summed E-state index contributed by atoms with van der Waals surface area (Å²) in [5, 5.41) is 0.545. The van der Waals surface area contributed by atoms with Gasteiger partial charge in [0.05, 0.1) is 12.7 Å². The van der Waals surface area contributed by atoms with Crippen LogP contribution in [0, 0.1) is 6.92 Å². The maximum Gasteiger partial charge on any atom is 0.337 e. The van der Waals surface area contributed by atoms with Gasteiger partial charge in [0, 0.05) is 10.7 Å². The van der Waals surface area contributed by atoms with Crippen molar-refractivity contribution in [2.24, 2.45) is 0 Å². The zero-order valence-electron chi connectivity index (χ0n) is 16.5. The Hall–Kier alpha value is -3.31. The van der Waals surface area contributed by atoms with Crippen LogP contribution < -0.4 is 9.64 Å². The lowest BCUT2D eigenvalue weighted by Crippen LogP contribution is -2.61. The smallest absolute Gasteiger partial charge is 0.337 e. The van der Waals surface area contributed by atoms with E-state index in [2.05, 4.69) is 0 Å². The van der Waals surface area contributed by atoms with Crippen LogP contribution in [0.4, 0.5) is 5.69 Å². The van der Waals surface area contributed by atoms with Gasteiger partial charge in [0.15, 0.2) is 0 Å². The van der Waals surface area contributed by atoms with Gasteiger partial charge >= 0.3 is 5.97 Å². The Morgan fingerprint density at radius 2 is 1.73 bits per heavy atom. The summed E-state index contributed by atoms with van der Waals surface area (Å²) in [7, 11) is 1.34. The second-order valence-corrected chi connectivity index (χ2v) is 7.49. The van der Waals surface area contributed by atoms with E-state index >= 15 is 0 Å². The summed E-state index contributed by atoms with van der Waals surface area (Å²) in [6.45, 7) is 1.94. The fourth-order valence-corrected chi connectivity index (χ4v) is 3.76. The Morgan fingerprint density at radius 3 is 2.40 bits per heavy atom. The number of β-lactam (4-membered cyclic amide) rings is 1. The van der Waals surface area contributed by atoms with Crippen molar-refractivity contribution in [2.45, 2.75) is 19.1 Å². The van der Waals surface area contributed by atoms with Crippen molar-refractivity contribution >= 4 is 29.2 Å². The number of methoxy groups -OCH3 is 1. The number of ether oxygens (including phenoxy) is 2. The van der Waals surface area contributed by atoms with E-state index in [9.17, 15) is 9.59 Å². The highest BCUT2D eigenvalue weighted by Crippen LogP contribution is 2.42. The zero-order valence-corrected chi connectivity index (χ0v) is 17.3. The third-order valence-corrected chi connectivity index (χ3v) is 5.39. The number of nitrogens with zero attached hydrogens (tertiary/aromatic N) is 1. The predicted octanol–water partition coefficient (Wildman–Crippen LogP) is 4.97. The van der Waals surface area contributed by atoms with Gasteiger partial charge in [-0.3, -0.25) is 9.69 Å². The van der Waals surface area contributed by atoms with Gasteiger partial charge in [0.2, 0.25) is 6.10 Å². The molecule has 152 valence electrons. The van der Waals surface area contributed by atoms with Crippen molar-refractivity contribution in [3.63, 3.8) is 0 Å². The molecule has 4 rings (SSSR count). The van der Waals surface area contributed by atoms with Crippen LogP contribution >= 0.6 is 11.6 Å². The Kier molecular flexibility index (Phi) is 5.46. The highest BCUT2D eigenvalue weighted by molar-refractivity contribution is 6.31. The van der Waals surface area contributed by atoms with Crippen LogP contribution in [-0.2, 0) is 9.53 Å². The minimum absolute atomic E-state index is 0.150. The minimum atomic E-state index is -0.686. The largest absolute Gasteiger partial charge is 0.478 e. The van der Waals surface area contributed by atoms with Crippen LogP contribution in [-0.4, -0.2) is 25.1 Å². The quantitative estimate of drug-likeness (QED) is 0.431. The third-order valence-electron chi connectivity index (χ3n) is 5.15. The fraction of sp³-hybridized carbons (Fsp3) is 0.167. The molecule has 0 bridgehead atoms. The van der Waals surface area contributed by atoms with Gasteiger partial charge in [0.1, 0.15) is 11.8 Å². The van der Waals surface area contributed by atoms with E-state index < -0.39 is 12.1 Å². The molecular weight excluding hydrogens is 402 g/mol. The molecule has 1 fully saturated rings. The summed E-state index contributed by atoms with van der Waals surface area (Å²) in [6, 6.07) is 21.4. The summed E-state index contributed by atoms with van der Waals surface area (Å²) in [6.07, 6.45) is -0.686. The van der Waals surface area contributed by atoms with Crippen LogP contribution in [0.25, 0.3) is 0 Å². The summed E-state index contributed by atoms with van der Waals surface area (Å²) < 4.78 is 10.9. The number of esters is 1. The standard InChI is InChI=1S/C24H20ClNO4/c1-15-6-3-4-9-20(15)30-22-21(16-10-12-17(13-11-16)24(28)29-2)26(23(22)27)19-8-5-7-18(25)14-19/h3-14,21-22H,1-2H3/t21-,22-/m0/s1. The number of anilines is 1. The van der Waals surface area contributed by atoms with Gasteiger partial charge < -0.3 is 9.47 Å². The average Bonchev–Trinajstić information content (AvgIpc) is 2.76. The molecule has 30 heavy (non-hydrogen) atoms. The summed E-state index contributed by atoms with van der Waals surface area (Å²) in [5.41, 5.74) is 2.93. The first kappa shape index (κ1) is 20.0. The van der Waals surface area contributed by atoms with Gasteiger partial charge in [0.25, 0.3) is 5.91 Å². The van der Waals surface area contributed by atoms with Crippen LogP contribution in [0.15, 0.2) is 72.8 Å². The van der Waals surface area contributed by atoms with Crippen LogP contribution in [0.2, 0.25) is 5.02 Å². The molecule has 0 N–H and O–H groups in total. The number of hydrogen-bond acceptors (Lipinski definition) is 4. The Labute approximate surface area is 179 Å². The first-order valence-corrected chi connectivity index (χ1v) is 9.86. The molecule has 2 atom stereocenters. The molecular formula is C24H20ClNO4. The first-order chi connectivity index (χ1) is 14.5. The molecule has 5 nitrogen and oxygen atoms in total. The molecule has 0 unspecified atom stereocenters. The van der Waals surface area contributed by atoms with Crippen molar-refractivity contribution < 1.29 is 19.1 Å². The first-order valence-electron chi connectivity index (χ1n) is 9.49. The number of amides is 1. The summed E-state index contributed by atoms with van der Waals surface area (Å²) in [5.74, 6) is 0.103. The number of rotatable bonds is 5. The molecule has 1 heterocycles. The maximum atomic E-state index is 13.1. The van der Waals surface area contributed by atoms with Crippen molar-refractivity contribution in [3.05, 3.63) is 94.5 Å². The fourth-order valence-electron chi connectivity index (χ4n) is 3.57. The topological polar surface area (TPSA) is 55.8 Å². The monoisotopic (exact) mass is 421 g/mol. The van der Waals surface area contributed by atoms with Gasteiger partial charge in [-0.1, -0.05) is 48.0 Å². The van der Waals surface area contributed by atoms with Gasteiger partial charge in [-0.2, -0.15) is 0 Å². The van der Waals surface area contributed by atoms with E-state index in [0.29, 0.717) is 22.0 Å². The molecule has 6 heteroatoms. The molecule has 0 saturated carbocycles. The molecule has 3 aromatic rings. The number of aryl methyl sites for hydroxylation is 1. The van der Waals surface area contributed by atoms with Crippen molar-refractivity contribution in [2.75, 3.05) is 12.0 Å². The van der Waals surface area contributed by atoms with Crippen LogP contribution in [0.3, 0.4) is 0 Å². The molecule has 0 aromatic heterocycles. The minimum Gasteiger partial charge on any atom is -0.478 e. The van der Waals surface area contributed by atoms with Crippen molar-refractivity contribution in [1.82, 2.24) is 0 Å². The van der Waals surface area contributed by atoms with E-state index in [1.165, 1.54) is 7.11 Å². The lowest BCUT2D eigenvalue weighted by Gasteiger charge is -2.46. The summed E-state index contributed by atoms with van der Waals surface area (Å²) >= 11 is 6.15. The van der Waals surface area contributed by atoms with Crippen LogP contribution in [0.5, 0.6) is 5.75 Å². The molecule has 0 aliphatic carbocycles. The number of carbonyl (C=O) groups excluding carboxylic acids is 2. The number of hydrogen-bond donors (Lipinski definition) is 0. The molecule has 0 radical (unpaired) electrons. The lowest BCUT2D eigenvalue weighted by molar-refractivity contribution is -0.135. The predicted molar refractivity (Wildman–Crippen MR) is 115 cm³/mol. The van der Waals surface area contributed by atoms with Crippen molar-refractivity contribution in [3.8, 4) is 5.75 Å². The highest BCUT2D eigenvalue weighted by atomic mass is 35.5. The molecule has 3 aromatic carbocycles. The molecule has 0 spiro atoms.